The summed E-state index contributed by atoms with van der Waals surface area (Å²) in [4.78, 5) is 0. The van der Waals surface area contributed by atoms with E-state index in [4.69, 9.17) is 0 Å². The van der Waals surface area contributed by atoms with Gasteiger partial charge < -0.3 is 5.11 Å². The Balaban J connectivity index is 1.44. The van der Waals surface area contributed by atoms with E-state index in [2.05, 4.69) is 125 Å². The van der Waals surface area contributed by atoms with Gasteiger partial charge in [-0.1, -0.05) is 168 Å². The van der Waals surface area contributed by atoms with Crippen LogP contribution >= 0.6 is 15.9 Å². The first kappa shape index (κ1) is 28.7. The molecule has 7 aromatic rings. The van der Waals surface area contributed by atoms with Crippen LogP contribution in [0.3, 0.4) is 0 Å². The van der Waals surface area contributed by atoms with E-state index in [0.717, 1.165) is 54.5 Å². The molecule has 0 radical (unpaired) electrons. The molecular weight excluding hydrogens is 612 g/mol. The van der Waals surface area contributed by atoms with Crippen LogP contribution < -0.4 is 0 Å². The van der Waals surface area contributed by atoms with E-state index in [1.54, 1.807) is 0 Å². The molecule has 0 bridgehead atoms. The molecule has 0 aromatic heterocycles. The molecule has 1 nitrogen and oxygen atoms in total. The van der Waals surface area contributed by atoms with Crippen molar-refractivity contribution in [3.05, 3.63) is 203 Å². The summed E-state index contributed by atoms with van der Waals surface area (Å²) in [5, 5.41) is 12.9. The molecule has 1 N–H and O–H groups in total. The summed E-state index contributed by atoms with van der Waals surface area (Å²) in [5.74, 6) is 0. The maximum atomic E-state index is 12.9. The fourth-order valence-corrected chi connectivity index (χ4v) is 6.50. The van der Waals surface area contributed by atoms with E-state index in [-0.39, 0.29) is 0 Å². The average Bonchev–Trinajstić information content (AvgIpc) is 3.12. The number of aliphatic hydroxyl groups is 1. The van der Waals surface area contributed by atoms with Crippen LogP contribution in [0.25, 0.3) is 44.5 Å². The molecule has 0 amide bonds. The minimum atomic E-state index is -1.39. The van der Waals surface area contributed by atoms with Crippen molar-refractivity contribution in [2.75, 3.05) is 0 Å². The van der Waals surface area contributed by atoms with Crippen LogP contribution in [0.5, 0.6) is 0 Å². The molecule has 7 rings (SSSR count). The van der Waals surface area contributed by atoms with E-state index in [1.165, 1.54) is 11.1 Å². The third-order valence-electron chi connectivity index (χ3n) is 8.43. The Morgan fingerprint density at radius 3 is 1.22 bits per heavy atom. The van der Waals surface area contributed by atoms with Crippen LogP contribution in [-0.2, 0) is 5.60 Å². The van der Waals surface area contributed by atoms with Gasteiger partial charge >= 0.3 is 0 Å². The van der Waals surface area contributed by atoms with E-state index in [0.29, 0.717) is 0 Å². The highest BCUT2D eigenvalue weighted by atomic mass is 79.9. The molecule has 7 aromatic carbocycles. The van der Waals surface area contributed by atoms with Gasteiger partial charge in [-0.25, -0.2) is 0 Å². The summed E-state index contributed by atoms with van der Waals surface area (Å²) in [5.41, 5.74) is 9.93. The fourth-order valence-electron chi connectivity index (χ4n) is 6.14. The largest absolute Gasteiger partial charge is 0.376 e. The van der Waals surface area contributed by atoms with E-state index in [9.17, 15) is 5.11 Å². The topological polar surface area (TPSA) is 20.2 Å². The lowest BCUT2D eigenvalue weighted by Crippen LogP contribution is -2.29. The molecule has 0 fully saturated rings. The minimum Gasteiger partial charge on any atom is -0.376 e. The number of halogens is 1. The SMILES string of the molecule is OC(c1ccccc1)(c1ccccc1)c1cc(Br)ccc1-c1cc(-c2ccccc2)cc(-c2ccc(-c3ccccc3)cc2)c1. The molecule has 0 aliphatic carbocycles. The molecular formula is C43H31BrO. The van der Waals surface area contributed by atoms with Crippen LogP contribution in [0.15, 0.2) is 186 Å². The average molecular weight is 644 g/mol. The summed E-state index contributed by atoms with van der Waals surface area (Å²) < 4.78 is 0.905. The highest BCUT2D eigenvalue weighted by molar-refractivity contribution is 9.10. The van der Waals surface area contributed by atoms with Crippen molar-refractivity contribution >= 4 is 15.9 Å². The maximum absolute atomic E-state index is 12.9. The number of rotatable bonds is 7. The zero-order valence-corrected chi connectivity index (χ0v) is 26.2. The minimum absolute atomic E-state index is 0.810. The first-order chi connectivity index (χ1) is 22.1. The van der Waals surface area contributed by atoms with Crippen LogP contribution in [-0.4, -0.2) is 5.11 Å². The van der Waals surface area contributed by atoms with Gasteiger partial charge in [-0.2, -0.15) is 0 Å². The van der Waals surface area contributed by atoms with Crippen molar-refractivity contribution in [3.63, 3.8) is 0 Å². The molecule has 0 atom stereocenters. The third kappa shape index (κ3) is 5.79. The second-order valence-electron chi connectivity index (χ2n) is 11.2. The highest BCUT2D eigenvalue weighted by Gasteiger charge is 2.36. The van der Waals surface area contributed by atoms with Crippen molar-refractivity contribution in [1.82, 2.24) is 0 Å². The molecule has 0 unspecified atom stereocenters. The van der Waals surface area contributed by atoms with Crippen molar-refractivity contribution in [2.24, 2.45) is 0 Å². The van der Waals surface area contributed by atoms with Gasteiger partial charge in [0.25, 0.3) is 0 Å². The predicted octanol–water partition coefficient (Wildman–Crippen LogP) is 11.4. The van der Waals surface area contributed by atoms with Gasteiger partial charge in [-0.05, 0) is 86.0 Å². The Bertz CT molecular complexity index is 2000. The molecule has 216 valence electrons. The summed E-state index contributed by atoms with van der Waals surface area (Å²) in [7, 11) is 0. The lowest BCUT2D eigenvalue weighted by molar-refractivity contribution is 0.126. The predicted molar refractivity (Wildman–Crippen MR) is 191 cm³/mol. The van der Waals surface area contributed by atoms with Crippen LogP contribution in [0, 0.1) is 0 Å². The Hall–Kier alpha value is -5.02. The lowest BCUT2D eigenvalue weighted by Gasteiger charge is -2.32. The number of hydrogen-bond acceptors (Lipinski definition) is 1. The first-order valence-electron chi connectivity index (χ1n) is 15.1. The quantitative estimate of drug-likeness (QED) is 0.171. The first-order valence-corrected chi connectivity index (χ1v) is 15.9. The van der Waals surface area contributed by atoms with Gasteiger partial charge in [0.15, 0.2) is 0 Å². The Morgan fingerprint density at radius 2 is 0.733 bits per heavy atom. The molecule has 0 heterocycles. The molecule has 0 saturated carbocycles. The van der Waals surface area contributed by atoms with Crippen LogP contribution in [0.1, 0.15) is 16.7 Å². The lowest BCUT2D eigenvalue weighted by atomic mass is 9.77. The van der Waals surface area contributed by atoms with E-state index in [1.807, 2.05) is 72.8 Å². The molecule has 0 spiro atoms. The van der Waals surface area contributed by atoms with Gasteiger partial charge in [0, 0.05) is 10.0 Å². The second-order valence-corrected chi connectivity index (χ2v) is 12.2. The standard InChI is InChI=1S/C43H31BrO/c44-40-25-26-41(42(30-40)43(45,38-17-9-3-10-18-38)39-19-11-4-12-20-39)37-28-35(32-15-7-2-8-16-32)27-36(29-37)34-23-21-33(22-24-34)31-13-5-1-6-14-31/h1-30,45H. The number of benzene rings is 7. The molecule has 0 aliphatic heterocycles. The Kier molecular flexibility index (Phi) is 8.00. The van der Waals surface area contributed by atoms with Crippen molar-refractivity contribution in [2.45, 2.75) is 5.60 Å². The van der Waals surface area contributed by atoms with E-state index >= 15 is 0 Å². The summed E-state index contributed by atoms with van der Waals surface area (Å²) in [6.07, 6.45) is 0. The van der Waals surface area contributed by atoms with Crippen LogP contribution in [0.2, 0.25) is 0 Å². The summed E-state index contributed by atoms with van der Waals surface area (Å²) in [6.45, 7) is 0. The normalized spacial score (nSPS) is 11.3. The van der Waals surface area contributed by atoms with Gasteiger partial charge in [-0.3, -0.25) is 0 Å². The smallest absolute Gasteiger partial charge is 0.141 e. The monoisotopic (exact) mass is 642 g/mol. The maximum Gasteiger partial charge on any atom is 0.141 e. The van der Waals surface area contributed by atoms with Crippen molar-refractivity contribution in [1.29, 1.82) is 0 Å². The molecule has 0 aliphatic rings. The molecule has 0 saturated heterocycles. The Labute approximate surface area is 273 Å². The van der Waals surface area contributed by atoms with Gasteiger partial charge in [0.2, 0.25) is 0 Å². The summed E-state index contributed by atoms with van der Waals surface area (Å²) in [6, 6.07) is 62.6. The van der Waals surface area contributed by atoms with Gasteiger partial charge in [0.1, 0.15) is 5.60 Å². The zero-order valence-electron chi connectivity index (χ0n) is 24.6. The van der Waals surface area contributed by atoms with Crippen molar-refractivity contribution in [3.8, 4) is 44.5 Å². The van der Waals surface area contributed by atoms with Gasteiger partial charge in [0.05, 0.1) is 0 Å². The zero-order chi connectivity index (χ0) is 30.6. The molecule has 45 heavy (non-hydrogen) atoms. The number of hydrogen-bond donors (Lipinski definition) is 1. The second kappa shape index (κ2) is 12.5. The summed E-state index contributed by atoms with van der Waals surface area (Å²) >= 11 is 3.72. The van der Waals surface area contributed by atoms with E-state index < -0.39 is 5.60 Å². The van der Waals surface area contributed by atoms with Crippen LogP contribution in [0.4, 0.5) is 0 Å². The third-order valence-corrected chi connectivity index (χ3v) is 8.92. The fraction of sp³-hybridized carbons (Fsp3) is 0.0233. The van der Waals surface area contributed by atoms with Crippen molar-refractivity contribution < 1.29 is 5.11 Å². The molecule has 2 heteroatoms. The Morgan fingerprint density at radius 1 is 0.356 bits per heavy atom. The highest BCUT2D eigenvalue weighted by Crippen LogP contribution is 2.44. The van der Waals surface area contributed by atoms with Gasteiger partial charge in [-0.15, -0.1) is 0 Å².